The van der Waals surface area contributed by atoms with E-state index in [9.17, 15) is 4.79 Å². The molecule has 0 N–H and O–H groups in total. The third-order valence-electron chi connectivity index (χ3n) is 3.93. The highest BCUT2D eigenvalue weighted by molar-refractivity contribution is 5.92. The summed E-state index contributed by atoms with van der Waals surface area (Å²) in [5.74, 6) is 0.491. The molecular weight excluding hydrogens is 300 g/mol. The Morgan fingerprint density at radius 1 is 1.21 bits per heavy atom. The van der Waals surface area contributed by atoms with Crippen molar-refractivity contribution in [2.45, 2.75) is 33.6 Å². The fourth-order valence-corrected chi connectivity index (χ4v) is 2.53. The van der Waals surface area contributed by atoms with Crippen molar-refractivity contribution in [3.63, 3.8) is 0 Å². The zero-order chi connectivity index (χ0) is 17.5. The van der Waals surface area contributed by atoms with Crippen LogP contribution in [0.1, 0.15) is 42.7 Å². The third kappa shape index (κ3) is 4.31. The largest absolute Gasteiger partial charge is 0.340 e. The highest BCUT2D eigenvalue weighted by Crippen LogP contribution is 2.22. The maximum absolute atomic E-state index is 12.5. The highest BCUT2D eigenvalue weighted by Gasteiger charge is 2.16. The van der Waals surface area contributed by atoms with E-state index in [2.05, 4.69) is 35.9 Å². The molecule has 1 aromatic heterocycles. The van der Waals surface area contributed by atoms with Gasteiger partial charge in [-0.2, -0.15) is 0 Å². The lowest BCUT2D eigenvalue weighted by Gasteiger charge is -2.22. The van der Waals surface area contributed by atoms with Gasteiger partial charge in [0.25, 0.3) is 5.91 Å². The molecule has 128 valence electrons. The number of unbranched alkanes of at least 4 members (excludes halogenated alkanes) is 1. The van der Waals surface area contributed by atoms with Gasteiger partial charge in [0.1, 0.15) is 5.69 Å². The van der Waals surface area contributed by atoms with E-state index in [0.717, 1.165) is 31.6 Å². The van der Waals surface area contributed by atoms with Crippen LogP contribution < -0.4 is 4.90 Å². The van der Waals surface area contributed by atoms with Gasteiger partial charge in [0, 0.05) is 32.0 Å². The van der Waals surface area contributed by atoms with E-state index in [4.69, 9.17) is 0 Å². The number of hydrogen-bond acceptors (Lipinski definition) is 4. The topological polar surface area (TPSA) is 49.3 Å². The number of aryl methyl sites for hydroxylation is 1. The van der Waals surface area contributed by atoms with Gasteiger partial charge in [0.15, 0.2) is 0 Å². The van der Waals surface area contributed by atoms with E-state index >= 15 is 0 Å². The van der Waals surface area contributed by atoms with Gasteiger partial charge in [-0.25, -0.2) is 9.97 Å². The van der Waals surface area contributed by atoms with Gasteiger partial charge in [0.2, 0.25) is 5.95 Å². The second kappa shape index (κ2) is 8.43. The van der Waals surface area contributed by atoms with Crippen LogP contribution in [-0.2, 0) is 0 Å². The summed E-state index contributed by atoms with van der Waals surface area (Å²) in [6.45, 7) is 7.69. The van der Waals surface area contributed by atoms with Gasteiger partial charge in [-0.1, -0.05) is 25.5 Å². The molecule has 0 fully saturated rings. The van der Waals surface area contributed by atoms with E-state index in [1.54, 1.807) is 17.2 Å². The molecule has 0 radical (unpaired) electrons. The molecule has 1 heterocycles. The molecule has 5 heteroatoms. The zero-order valence-electron chi connectivity index (χ0n) is 15.0. The third-order valence-corrected chi connectivity index (χ3v) is 3.93. The van der Waals surface area contributed by atoms with E-state index in [0.29, 0.717) is 11.6 Å². The summed E-state index contributed by atoms with van der Waals surface area (Å²) in [7, 11) is 1.82. The number of nitrogens with zero attached hydrogens (tertiary/aromatic N) is 4. The molecule has 0 spiro atoms. The molecule has 0 aliphatic carbocycles. The number of rotatable bonds is 7. The number of aromatic nitrogens is 2. The van der Waals surface area contributed by atoms with Crippen LogP contribution in [0.25, 0.3) is 0 Å². The van der Waals surface area contributed by atoms with Crippen LogP contribution in [-0.4, -0.2) is 40.9 Å². The number of benzene rings is 1. The SMILES string of the molecule is CCCCN(C)C(=O)c1ccnc(N(CC)c2cccc(C)c2)n1. The Hall–Kier alpha value is -2.43. The summed E-state index contributed by atoms with van der Waals surface area (Å²) in [6, 6.07) is 9.87. The van der Waals surface area contributed by atoms with Crippen molar-refractivity contribution in [3.05, 3.63) is 47.8 Å². The summed E-state index contributed by atoms with van der Waals surface area (Å²) in [5, 5.41) is 0. The van der Waals surface area contributed by atoms with Crippen LogP contribution in [0.3, 0.4) is 0 Å². The standard InChI is InChI=1S/C19H26N4O/c1-5-7-13-22(4)18(24)17-11-12-20-19(21-17)23(6-2)16-10-8-9-15(3)14-16/h8-12,14H,5-7,13H2,1-4H3. The molecule has 0 atom stereocenters. The van der Waals surface area contributed by atoms with Crippen molar-refractivity contribution in [1.82, 2.24) is 14.9 Å². The molecule has 5 nitrogen and oxygen atoms in total. The Kier molecular flexibility index (Phi) is 6.29. The Balaban J connectivity index is 2.26. The van der Waals surface area contributed by atoms with Crippen molar-refractivity contribution in [2.75, 3.05) is 25.0 Å². The molecule has 24 heavy (non-hydrogen) atoms. The molecule has 2 aromatic rings. The quantitative estimate of drug-likeness (QED) is 0.776. The lowest BCUT2D eigenvalue weighted by Crippen LogP contribution is -2.29. The van der Waals surface area contributed by atoms with Gasteiger partial charge >= 0.3 is 0 Å². The zero-order valence-corrected chi connectivity index (χ0v) is 15.0. The summed E-state index contributed by atoms with van der Waals surface area (Å²) < 4.78 is 0. The van der Waals surface area contributed by atoms with Gasteiger partial charge in [-0.05, 0) is 44.0 Å². The molecular formula is C19H26N4O. The van der Waals surface area contributed by atoms with Crippen molar-refractivity contribution in [3.8, 4) is 0 Å². The molecule has 0 aliphatic heterocycles. The first kappa shape index (κ1) is 17.9. The molecule has 0 saturated heterocycles. The number of amides is 1. The van der Waals surface area contributed by atoms with Crippen LogP contribution >= 0.6 is 0 Å². The Morgan fingerprint density at radius 2 is 2.00 bits per heavy atom. The van der Waals surface area contributed by atoms with E-state index in [1.807, 2.05) is 31.0 Å². The van der Waals surface area contributed by atoms with Crippen molar-refractivity contribution < 1.29 is 4.79 Å². The van der Waals surface area contributed by atoms with Crippen molar-refractivity contribution in [2.24, 2.45) is 0 Å². The molecule has 0 bridgehead atoms. The van der Waals surface area contributed by atoms with Gasteiger partial charge in [-0.3, -0.25) is 4.79 Å². The fraction of sp³-hybridized carbons (Fsp3) is 0.421. The lowest BCUT2D eigenvalue weighted by atomic mass is 10.2. The Labute approximate surface area is 144 Å². The summed E-state index contributed by atoms with van der Waals surface area (Å²) in [6.07, 6.45) is 3.70. The maximum Gasteiger partial charge on any atom is 0.272 e. The molecule has 2 rings (SSSR count). The number of hydrogen-bond donors (Lipinski definition) is 0. The highest BCUT2D eigenvalue weighted by atomic mass is 16.2. The van der Waals surface area contributed by atoms with Gasteiger partial charge in [0.05, 0.1) is 0 Å². The predicted octanol–water partition coefficient (Wildman–Crippen LogP) is 3.82. The predicted molar refractivity (Wildman–Crippen MR) is 97.8 cm³/mol. The second-order valence-electron chi connectivity index (χ2n) is 5.91. The molecule has 0 aliphatic rings. The second-order valence-corrected chi connectivity index (χ2v) is 5.91. The van der Waals surface area contributed by atoms with Crippen LogP contribution in [0, 0.1) is 6.92 Å². The first-order valence-corrected chi connectivity index (χ1v) is 8.49. The fourth-order valence-electron chi connectivity index (χ4n) is 2.53. The smallest absolute Gasteiger partial charge is 0.272 e. The summed E-state index contributed by atoms with van der Waals surface area (Å²) in [5.41, 5.74) is 2.64. The van der Waals surface area contributed by atoms with E-state index < -0.39 is 0 Å². The summed E-state index contributed by atoms with van der Waals surface area (Å²) >= 11 is 0. The summed E-state index contributed by atoms with van der Waals surface area (Å²) in [4.78, 5) is 25.1. The first-order valence-electron chi connectivity index (χ1n) is 8.49. The molecule has 0 unspecified atom stereocenters. The monoisotopic (exact) mass is 326 g/mol. The van der Waals surface area contributed by atoms with Crippen LogP contribution in [0.5, 0.6) is 0 Å². The molecule has 1 aromatic carbocycles. The number of carbonyl (C=O) groups is 1. The molecule has 1 amide bonds. The normalized spacial score (nSPS) is 10.5. The van der Waals surface area contributed by atoms with Crippen molar-refractivity contribution >= 4 is 17.5 Å². The van der Waals surface area contributed by atoms with Crippen LogP contribution in [0.15, 0.2) is 36.5 Å². The Bertz CT molecular complexity index is 687. The number of carbonyl (C=O) groups excluding carboxylic acids is 1. The minimum absolute atomic E-state index is 0.0626. The lowest BCUT2D eigenvalue weighted by molar-refractivity contribution is 0.0787. The van der Waals surface area contributed by atoms with Crippen LogP contribution in [0.4, 0.5) is 11.6 Å². The van der Waals surface area contributed by atoms with Crippen LogP contribution in [0.2, 0.25) is 0 Å². The van der Waals surface area contributed by atoms with E-state index in [1.165, 1.54) is 5.56 Å². The van der Waals surface area contributed by atoms with Gasteiger partial charge < -0.3 is 9.80 Å². The van der Waals surface area contributed by atoms with Crippen molar-refractivity contribution in [1.29, 1.82) is 0 Å². The average Bonchev–Trinajstić information content (AvgIpc) is 2.60. The Morgan fingerprint density at radius 3 is 2.67 bits per heavy atom. The first-order chi connectivity index (χ1) is 11.6. The minimum atomic E-state index is -0.0626. The average molecular weight is 326 g/mol. The minimum Gasteiger partial charge on any atom is -0.340 e. The molecule has 0 saturated carbocycles. The maximum atomic E-state index is 12.5. The number of anilines is 2. The van der Waals surface area contributed by atoms with E-state index in [-0.39, 0.29) is 5.91 Å². The van der Waals surface area contributed by atoms with Gasteiger partial charge in [-0.15, -0.1) is 0 Å².